The summed E-state index contributed by atoms with van der Waals surface area (Å²) in [6, 6.07) is 22.6. The predicted molar refractivity (Wildman–Crippen MR) is 189 cm³/mol. The van der Waals surface area contributed by atoms with Crippen molar-refractivity contribution in [1.82, 2.24) is 20.1 Å². The van der Waals surface area contributed by atoms with Crippen molar-refractivity contribution in [3.8, 4) is 0 Å². The summed E-state index contributed by atoms with van der Waals surface area (Å²) in [6.07, 6.45) is 4.63. The number of para-hydroxylation sites is 1. The Morgan fingerprint density at radius 1 is 1.02 bits per heavy atom. The number of amides is 3. The molecule has 6 rings (SSSR count). The summed E-state index contributed by atoms with van der Waals surface area (Å²) in [4.78, 5) is 49.9. The highest BCUT2D eigenvalue weighted by atomic mass is 35.5. The topological polar surface area (TPSA) is 98.0 Å². The van der Waals surface area contributed by atoms with Crippen molar-refractivity contribution in [2.45, 2.75) is 44.2 Å². The molecule has 0 spiro atoms. The summed E-state index contributed by atoms with van der Waals surface area (Å²) in [5.41, 5.74) is 4.80. The molecular weight excluding hydrogens is 626 g/mol. The van der Waals surface area contributed by atoms with Crippen molar-refractivity contribution in [1.29, 1.82) is 0 Å². The summed E-state index contributed by atoms with van der Waals surface area (Å²) in [5, 5.41) is 4.70. The fourth-order valence-corrected chi connectivity index (χ4v) is 7.25. The van der Waals surface area contributed by atoms with Crippen LogP contribution >= 0.6 is 11.6 Å². The SMILES string of the molecule is CN(C)C[C@H]1Cc2cc(Cl)ccc2N(C(=O)[C@@H](Cc2c[nH]c3ccccc23)NC(=O)COC2CCN(C(=O)Cc3ccccc3)CC2)C1. The van der Waals surface area contributed by atoms with Gasteiger partial charge in [-0.3, -0.25) is 14.4 Å². The van der Waals surface area contributed by atoms with Gasteiger partial charge in [-0.2, -0.15) is 0 Å². The van der Waals surface area contributed by atoms with Crippen LogP contribution in [0.4, 0.5) is 5.69 Å². The molecule has 0 bridgehead atoms. The van der Waals surface area contributed by atoms with E-state index in [1.807, 2.05) is 103 Å². The van der Waals surface area contributed by atoms with E-state index in [1.54, 1.807) is 0 Å². The van der Waals surface area contributed by atoms with Crippen LogP contribution in [0.1, 0.15) is 29.5 Å². The molecule has 1 aromatic heterocycles. The highest BCUT2D eigenvalue weighted by Gasteiger charge is 2.34. The summed E-state index contributed by atoms with van der Waals surface area (Å²) in [7, 11) is 4.07. The molecule has 1 fully saturated rings. The number of aromatic amines is 1. The van der Waals surface area contributed by atoms with Gasteiger partial charge in [0.25, 0.3) is 0 Å². The number of hydrogen-bond acceptors (Lipinski definition) is 5. The van der Waals surface area contributed by atoms with Gasteiger partial charge in [-0.15, -0.1) is 0 Å². The molecule has 2 N–H and O–H groups in total. The van der Waals surface area contributed by atoms with Crippen LogP contribution in [-0.4, -0.2) is 91.5 Å². The Morgan fingerprint density at radius 2 is 1.77 bits per heavy atom. The fraction of sp³-hybridized carbons (Fsp3) is 0.395. The van der Waals surface area contributed by atoms with Gasteiger partial charge in [-0.25, -0.2) is 0 Å². The molecule has 0 unspecified atom stereocenters. The number of carbonyl (C=O) groups excluding carboxylic acids is 3. The van der Waals surface area contributed by atoms with Gasteiger partial charge in [0, 0.05) is 60.4 Å². The van der Waals surface area contributed by atoms with E-state index in [4.69, 9.17) is 16.3 Å². The molecule has 48 heavy (non-hydrogen) atoms. The summed E-state index contributed by atoms with van der Waals surface area (Å²) in [5.74, 6) is -0.182. The molecule has 1 saturated heterocycles. The molecule has 9 nitrogen and oxygen atoms in total. The Hall–Kier alpha value is -4.18. The minimum absolute atomic E-state index is 0.102. The van der Waals surface area contributed by atoms with Gasteiger partial charge >= 0.3 is 0 Å². The van der Waals surface area contributed by atoms with Crippen LogP contribution in [-0.2, 0) is 38.4 Å². The largest absolute Gasteiger partial charge is 0.368 e. The van der Waals surface area contributed by atoms with Crippen LogP contribution in [0.3, 0.4) is 0 Å². The van der Waals surface area contributed by atoms with Gasteiger partial charge in [0.05, 0.1) is 12.5 Å². The second-order valence-corrected chi connectivity index (χ2v) is 13.7. The first kappa shape index (κ1) is 33.7. The minimum Gasteiger partial charge on any atom is -0.368 e. The molecule has 2 aliphatic heterocycles. The van der Waals surface area contributed by atoms with Crippen LogP contribution in [0.2, 0.25) is 5.02 Å². The number of nitrogens with one attached hydrogen (secondary N) is 2. The van der Waals surface area contributed by atoms with Gasteiger partial charge in [-0.1, -0.05) is 60.1 Å². The Balaban J connectivity index is 1.13. The van der Waals surface area contributed by atoms with Crippen molar-refractivity contribution in [3.05, 3.63) is 101 Å². The van der Waals surface area contributed by atoms with E-state index in [0.29, 0.717) is 50.3 Å². The summed E-state index contributed by atoms with van der Waals surface area (Å²) >= 11 is 6.39. The zero-order valence-corrected chi connectivity index (χ0v) is 28.4. The van der Waals surface area contributed by atoms with Crippen molar-refractivity contribution in [3.63, 3.8) is 0 Å². The third-order valence-electron chi connectivity index (χ3n) is 9.35. The maximum Gasteiger partial charge on any atom is 0.249 e. The zero-order valence-electron chi connectivity index (χ0n) is 27.7. The second-order valence-electron chi connectivity index (χ2n) is 13.3. The first-order valence-corrected chi connectivity index (χ1v) is 17.1. The van der Waals surface area contributed by atoms with E-state index in [2.05, 4.69) is 15.2 Å². The smallest absolute Gasteiger partial charge is 0.249 e. The molecule has 0 aliphatic carbocycles. The Kier molecular flexibility index (Phi) is 10.8. The van der Waals surface area contributed by atoms with E-state index < -0.39 is 6.04 Å². The van der Waals surface area contributed by atoms with Gasteiger partial charge in [-0.05, 0) is 80.2 Å². The fourth-order valence-electron chi connectivity index (χ4n) is 7.05. The average molecular weight is 670 g/mol. The first-order valence-electron chi connectivity index (χ1n) is 16.8. The molecule has 3 aromatic carbocycles. The van der Waals surface area contributed by atoms with Gasteiger partial charge in [0.2, 0.25) is 17.7 Å². The second kappa shape index (κ2) is 15.4. The molecule has 252 valence electrons. The van der Waals surface area contributed by atoms with E-state index in [0.717, 1.165) is 46.2 Å². The van der Waals surface area contributed by atoms with Crippen LogP contribution < -0.4 is 10.2 Å². The van der Waals surface area contributed by atoms with Crippen LogP contribution in [0, 0.1) is 5.92 Å². The molecule has 3 heterocycles. The molecule has 3 amide bonds. The Bertz CT molecular complexity index is 1730. The highest BCUT2D eigenvalue weighted by Crippen LogP contribution is 2.33. The number of likely N-dealkylation sites (tertiary alicyclic amines) is 1. The number of aromatic nitrogens is 1. The number of rotatable bonds is 11. The number of anilines is 1. The summed E-state index contributed by atoms with van der Waals surface area (Å²) in [6.45, 7) is 2.39. The monoisotopic (exact) mass is 669 g/mol. The molecular formula is C38H44ClN5O4. The average Bonchev–Trinajstić information content (AvgIpc) is 3.49. The maximum absolute atomic E-state index is 14.5. The van der Waals surface area contributed by atoms with Crippen molar-refractivity contribution in [2.75, 3.05) is 51.8 Å². The zero-order chi connectivity index (χ0) is 33.6. The standard InChI is InChI=1S/C38H44ClN5O4/c1-42(2)23-27-18-28-20-30(39)12-13-35(28)44(24-27)38(47)34(21-29-22-40-33-11-7-6-10-32(29)33)41-36(45)25-48-31-14-16-43(17-15-31)37(46)19-26-8-4-3-5-9-26/h3-13,20,22,27,31,34,40H,14-19,21,23-25H2,1-2H3,(H,41,45)/t27-,34-/m1/s1. The van der Waals surface area contributed by atoms with E-state index in [1.165, 1.54) is 0 Å². The number of hydrogen-bond donors (Lipinski definition) is 2. The Labute approximate surface area is 287 Å². The lowest BCUT2D eigenvalue weighted by Crippen LogP contribution is -2.54. The quantitative estimate of drug-likeness (QED) is 0.238. The molecule has 0 radical (unpaired) electrons. The van der Waals surface area contributed by atoms with E-state index in [-0.39, 0.29) is 36.4 Å². The molecule has 0 saturated carbocycles. The van der Waals surface area contributed by atoms with Crippen molar-refractivity contribution < 1.29 is 19.1 Å². The van der Waals surface area contributed by atoms with E-state index >= 15 is 0 Å². The van der Waals surface area contributed by atoms with E-state index in [9.17, 15) is 14.4 Å². The molecule has 2 aliphatic rings. The van der Waals surface area contributed by atoms with Crippen molar-refractivity contribution >= 4 is 45.9 Å². The number of fused-ring (bicyclic) bond motifs is 2. The molecule has 10 heteroatoms. The summed E-state index contributed by atoms with van der Waals surface area (Å²) < 4.78 is 6.05. The first-order chi connectivity index (χ1) is 23.2. The maximum atomic E-state index is 14.5. The number of benzene rings is 3. The van der Waals surface area contributed by atoms with Crippen LogP contribution in [0.5, 0.6) is 0 Å². The number of carbonyl (C=O) groups is 3. The van der Waals surface area contributed by atoms with Gasteiger partial charge in [0.1, 0.15) is 12.6 Å². The lowest BCUT2D eigenvalue weighted by Gasteiger charge is -2.37. The van der Waals surface area contributed by atoms with Crippen LogP contribution in [0.25, 0.3) is 10.9 Å². The van der Waals surface area contributed by atoms with Crippen LogP contribution in [0.15, 0.2) is 79.0 Å². The third kappa shape index (κ3) is 8.27. The normalized spacial score (nSPS) is 17.4. The molecule has 4 aromatic rings. The van der Waals surface area contributed by atoms with Crippen molar-refractivity contribution in [2.24, 2.45) is 5.92 Å². The number of ether oxygens (including phenoxy) is 1. The number of halogens is 1. The van der Waals surface area contributed by atoms with Gasteiger partial charge in [0.15, 0.2) is 0 Å². The number of piperidine rings is 1. The lowest BCUT2D eigenvalue weighted by molar-refractivity contribution is -0.136. The number of nitrogens with zero attached hydrogens (tertiary/aromatic N) is 3. The number of H-pyrrole nitrogens is 1. The molecule has 2 atom stereocenters. The minimum atomic E-state index is -0.806. The Morgan fingerprint density at radius 3 is 2.54 bits per heavy atom. The predicted octanol–water partition coefficient (Wildman–Crippen LogP) is 4.87. The highest BCUT2D eigenvalue weighted by molar-refractivity contribution is 6.30. The lowest BCUT2D eigenvalue weighted by atomic mass is 9.91. The third-order valence-corrected chi connectivity index (χ3v) is 9.58. The van der Waals surface area contributed by atoms with Gasteiger partial charge < -0.3 is 29.7 Å².